The summed E-state index contributed by atoms with van der Waals surface area (Å²) in [4.78, 5) is 3.99. The topological polar surface area (TPSA) is 62.1 Å². The fraction of sp³-hybridized carbons (Fsp3) is 0.133. The van der Waals surface area contributed by atoms with Crippen molar-refractivity contribution < 1.29 is 9.47 Å². The molecule has 2 aromatic heterocycles. The Morgan fingerprint density at radius 3 is 2.43 bits per heavy atom. The van der Waals surface area contributed by atoms with Crippen LogP contribution < -0.4 is 9.47 Å². The third kappa shape index (κ3) is 2.55. The molecule has 21 heavy (non-hydrogen) atoms. The summed E-state index contributed by atoms with van der Waals surface area (Å²) >= 11 is 0. The normalized spacial score (nSPS) is 10.4. The summed E-state index contributed by atoms with van der Waals surface area (Å²) in [7, 11) is 3.21. The molecule has 0 amide bonds. The first-order chi connectivity index (χ1) is 10.3. The van der Waals surface area contributed by atoms with Crippen molar-refractivity contribution >= 4 is 0 Å². The predicted octanol–water partition coefficient (Wildman–Crippen LogP) is 2.35. The number of aromatic nitrogens is 4. The van der Waals surface area contributed by atoms with Gasteiger partial charge in [0.15, 0.2) is 11.5 Å². The molecule has 0 N–H and O–H groups in total. The average Bonchev–Trinajstić information content (AvgIpc) is 3.05. The summed E-state index contributed by atoms with van der Waals surface area (Å²) in [6.45, 7) is 0. The number of methoxy groups -OCH3 is 2. The fourth-order valence-electron chi connectivity index (χ4n) is 2.01. The van der Waals surface area contributed by atoms with E-state index in [0.29, 0.717) is 11.5 Å². The zero-order chi connectivity index (χ0) is 14.7. The van der Waals surface area contributed by atoms with Gasteiger partial charge in [0.25, 0.3) is 0 Å². The van der Waals surface area contributed by atoms with Crippen molar-refractivity contribution in [1.29, 1.82) is 0 Å². The minimum absolute atomic E-state index is 0.649. The molecule has 0 aliphatic heterocycles. The van der Waals surface area contributed by atoms with Gasteiger partial charge in [-0.15, -0.1) is 5.10 Å². The summed E-state index contributed by atoms with van der Waals surface area (Å²) in [5.74, 6) is 1.33. The van der Waals surface area contributed by atoms with Gasteiger partial charge in [-0.05, 0) is 24.3 Å². The van der Waals surface area contributed by atoms with Gasteiger partial charge in [0.05, 0.1) is 26.1 Å². The molecule has 0 aliphatic carbocycles. The summed E-state index contributed by atoms with van der Waals surface area (Å²) in [5, 5.41) is 8.32. The van der Waals surface area contributed by atoms with E-state index >= 15 is 0 Å². The van der Waals surface area contributed by atoms with Gasteiger partial charge >= 0.3 is 0 Å². The van der Waals surface area contributed by atoms with E-state index in [1.807, 2.05) is 36.5 Å². The van der Waals surface area contributed by atoms with E-state index in [0.717, 1.165) is 16.9 Å². The Kier molecular flexibility index (Phi) is 3.51. The molecule has 3 rings (SSSR count). The Hall–Kier alpha value is -2.89. The first-order valence-electron chi connectivity index (χ1n) is 6.37. The Morgan fingerprint density at radius 1 is 0.952 bits per heavy atom. The van der Waals surface area contributed by atoms with Gasteiger partial charge in [0.1, 0.15) is 5.69 Å². The molecule has 0 radical (unpaired) electrons. The van der Waals surface area contributed by atoms with Crippen molar-refractivity contribution in [3.63, 3.8) is 0 Å². The molecule has 0 atom stereocenters. The molecule has 0 unspecified atom stereocenters. The lowest BCUT2D eigenvalue weighted by atomic mass is 10.2. The van der Waals surface area contributed by atoms with Crippen LogP contribution in [0.3, 0.4) is 0 Å². The molecule has 0 saturated heterocycles. The molecule has 0 saturated carbocycles. The molecule has 6 heteroatoms. The standard InChI is InChI=1S/C15H14N4O2/c1-20-14-4-3-12(9-15(14)21-2)19-10-13(17-18-19)11-5-7-16-8-6-11/h3-10H,1-2H3. The highest BCUT2D eigenvalue weighted by molar-refractivity contribution is 5.57. The second kappa shape index (κ2) is 5.62. The number of ether oxygens (including phenoxy) is 2. The Bertz CT molecular complexity index is 740. The molecule has 106 valence electrons. The monoisotopic (exact) mass is 282 g/mol. The van der Waals surface area contributed by atoms with Gasteiger partial charge in [-0.1, -0.05) is 5.21 Å². The first kappa shape index (κ1) is 13.1. The molecule has 6 nitrogen and oxygen atoms in total. The number of pyridine rings is 1. The van der Waals surface area contributed by atoms with Crippen LogP contribution in [0.4, 0.5) is 0 Å². The van der Waals surface area contributed by atoms with Crippen LogP contribution in [0.25, 0.3) is 16.9 Å². The average molecular weight is 282 g/mol. The van der Waals surface area contributed by atoms with E-state index in [1.54, 1.807) is 31.3 Å². The lowest BCUT2D eigenvalue weighted by Gasteiger charge is -2.08. The molecule has 0 spiro atoms. The maximum absolute atomic E-state index is 5.30. The number of nitrogens with zero attached hydrogens (tertiary/aromatic N) is 4. The SMILES string of the molecule is COc1ccc(-n2cc(-c3ccncc3)nn2)cc1OC. The Balaban J connectivity index is 1.97. The van der Waals surface area contributed by atoms with Crippen LogP contribution in [0.2, 0.25) is 0 Å². The van der Waals surface area contributed by atoms with Gasteiger partial charge in [0.2, 0.25) is 0 Å². The summed E-state index contributed by atoms with van der Waals surface area (Å²) in [6, 6.07) is 9.37. The fourth-order valence-corrected chi connectivity index (χ4v) is 2.01. The molecule has 0 bridgehead atoms. The number of rotatable bonds is 4. The van der Waals surface area contributed by atoms with Crippen LogP contribution in [0, 0.1) is 0 Å². The van der Waals surface area contributed by atoms with Crippen LogP contribution in [-0.4, -0.2) is 34.2 Å². The summed E-state index contributed by atoms with van der Waals surface area (Å²) in [6.07, 6.45) is 5.31. The van der Waals surface area contributed by atoms with Crippen molar-refractivity contribution in [2.45, 2.75) is 0 Å². The van der Waals surface area contributed by atoms with E-state index in [2.05, 4.69) is 15.3 Å². The largest absolute Gasteiger partial charge is 0.493 e. The van der Waals surface area contributed by atoms with Crippen LogP contribution in [0.1, 0.15) is 0 Å². The number of hydrogen-bond acceptors (Lipinski definition) is 5. The van der Waals surface area contributed by atoms with Crippen molar-refractivity contribution in [1.82, 2.24) is 20.0 Å². The van der Waals surface area contributed by atoms with Crippen LogP contribution in [0.5, 0.6) is 11.5 Å². The maximum Gasteiger partial charge on any atom is 0.162 e. The lowest BCUT2D eigenvalue weighted by molar-refractivity contribution is 0.354. The van der Waals surface area contributed by atoms with E-state index in [4.69, 9.17) is 9.47 Å². The zero-order valence-electron chi connectivity index (χ0n) is 11.7. The number of benzene rings is 1. The summed E-state index contributed by atoms with van der Waals surface area (Å²) < 4.78 is 12.2. The van der Waals surface area contributed by atoms with E-state index < -0.39 is 0 Å². The van der Waals surface area contributed by atoms with E-state index in [-0.39, 0.29) is 0 Å². The van der Waals surface area contributed by atoms with Crippen molar-refractivity contribution in [2.75, 3.05) is 14.2 Å². The molecule has 1 aromatic carbocycles. The Labute approximate surface area is 122 Å². The third-order valence-corrected chi connectivity index (χ3v) is 3.10. The van der Waals surface area contributed by atoms with Crippen LogP contribution in [-0.2, 0) is 0 Å². The molecule has 0 fully saturated rings. The van der Waals surface area contributed by atoms with E-state index in [9.17, 15) is 0 Å². The zero-order valence-corrected chi connectivity index (χ0v) is 11.7. The maximum atomic E-state index is 5.30. The predicted molar refractivity (Wildman–Crippen MR) is 77.7 cm³/mol. The molecular weight excluding hydrogens is 268 g/mol. The highest BCUT2D eigenvalue weighted by Crippen LogP contribution is 2.29. The van der Waals surface area contributed by atoms with Gasteiger partial charge in [0, 0.05) is 24.0 Å². The molecule has 3 aromatic rings. The third-order valence-electron chi connectivity index (χ3n) is 3.10. The van der Waals surface area contributed by atoms with Crippen molar-refractivity contribution in [3.8, 4) is 28.4 Å². The van der Waals surface area contributed by atoms with Crippen molar-refractivity contribution in [3.05, 3.63) is 48.9 Å². The molecular formula is C15H14N4O2. The smallest absolute Gasteiger partial charge is 0.162 e. The van der Waals surface area contributed by atoms with E-state index in [1.165, 1.54) is 0 Å². The summed E-state index contributed by atoms with van der Waals surface area (Å²) in [5.41, 5.74) is 2.60. The highest BCUT2D eigenvalue weighted by atomic mass is 16.5. The molecule has 0 aliphatic rings. The van der Waals surface area contributed by atoms with Crippen LogP contribution >= 0.6 is 0 Å². The second-order valence-corrected chi connectivity index (χ2v) is 4.32. The van der Waals surface area contributed by atoms with Gasteiger partial charge in [-0.2, -0.15) is 0 Å². The highest BCUT2D eigenvalue weighted by Gasteiger charge is 2.09. The molecule has 2 heterocycles. The number of hydrogen-bond donors (Lipinski definition) is 0. The van der Waals surface area contributed by atoms with Gasteiger partial charge in [-0.25, -0.2) is 4.68 Å². The second-order valence-electron chi connectivity index (χ2n) is 4.32. The van der Waals surface area contributed by atoms with Crippen LogP contribution in [0.15, 0.2) is 48.9 Å². The van der Waals surface area contributed by atoms with Gasteiger partial charge in [-0.3, -0.25) is 4.98 Å². The lowest BCUT2D eigenvalue weighted by Crippen LogP contribution is -1.97. The quantitative estimate of drug-likeness (QED) is 0.735. The van der Waals surface area contributed by atoms with Gasteiger partial charge < -0.3 is 9.47 Å². The minimum atomic E-state index is 0.649. The first-order valence-corrected chi connectivity index (χ1v) is 6.37. The van der Waals surface area contributed by atoms with Crippen molar-refractivity contribution in [2.24, 2.45) is 0 Å². The minimum Gasteiger partial charge on any atom is -0.493 e. The Morgan fingerprint density at radius 2 is 1.71 bits per heavy atom.